The minimum atomic E-state index is -3.14. The standard InChI is InChI=1S/C15H30N4O4S/c1-4-16-15(17-9-6-10-18-24(3,21)22)19-11-7-13(8-12-19)14(20)23-5-2/h13,18H,4-12H2,1-3H3,(H,16,17). The molecule has 0 atom stereocenters. The van der Waals surface area contributed by atoms with Crippen LogP contribution in [0, 0.1) is 5.92 Å². The summed E-state index contributed by atoms with van der Waals surface area (Å²) < 4.78 is 29.5. The van der Waals surface area contributed by atoms with Gasteiger partial charge in [0.05, 0.1) is 18.8 Å². The van der Waals surface area contributed by atoms with Gasteiger partial charge in [-0.2, -0.15) is 0 Å². The Morgan fingerprint density at radius 3 is 2.50 bits per heavy atom. The van der Waals surface area contributed by atoms with Gasteiger partial charge < -0.3 is 15.0 Å². The van der Waals surface area contributed by atoms with Crippen LogP contribution < -0.4 is 10.0 Å². The van der Waals surface area contributed by atoms with E-state index in [1.54, 1.807) is 0 Å². The number of nitrogens with zero attached hydrogens (tertiary/aromatic N) is 2. The normalized spacial score (nSPS) is 17.0. The Kier molecular flexibility index (Phi) is 9.05. The number of esters is 1. The highest BCUT2D eigenvalue weighted by Crippen LogP contribution is 2.18. The maximum Gasteiger partial charge on any atom is 0.309 e. The Balaban J connectivity index is 2.45. The molecule has 0 aromatic carbocycles. The molecule has 1 rings (SSSR count). The molecule has 9 heteroatoms. The molecule has 0 spiro atoms. The molecule has 1 aliphatic heterocycles. The quantitative estimate of drug-likeness (QED) is 0.276. The SMILES string of the molecule is CCNC(=NCCCNS(C)(=O)=O)N1CCC(C(=O)OCC)CC1. The van der Waals surface area contributed by atoms with Gasteiger partial charge in [-0.05, 0) is 33.1 Å². The zero-order valence-corrected chi connectivity index (χ0v) is 15.7. The van der Waals surface area contributed by atoms with Crippen molar-refractivity contribution < 1.29 is 17.9 Å². The first kappa shape index (κ1) is 20.7. The zero-order valence-electron chi connectivity index (χ0n) is 14.9. The fourth-order valence-corrected chi connectivity index (χ4v) is 3.05. The van der Waals surface area contributed by atoms with E-state index in [1.165, 1.54) is 0 Å². The molecule has 1 aliphatic rings. The van der Waals surface area contributed by atoms with E-state index in [2.05, 4.69) is 19.9 Å². The van der Waals surface area contributed by atoms with Crippen LogP contribution in [0.1, 0.15) is 33.1 Å². The van der Waals surface area contributed by atoms with E-state index < -0.39 is 10.0 Å². The van der Waals surface area contributed by atoms with E-state index in [1.807, 2.05) is 13.8 Å². The lowest BCUT2D eigenvalue weighted by atomic mass is 9.97. The molecule has 24 heavy (non-hydrogen) atoms. The molecule has 1 heterocycles. The van der Waals surface area contributed by atoms with Crippen LogP contribution in [0.3, 0.4) is 0 Å². The lowest BCUT2D eigenvalue weighted by Crippen LogP contribution is -2.46. The average molecular weight is 362 g/mol. The number of piperidine rings is 1. The van der Waals surface area contributed by atoms with Gasteiger partial charge >= 0.3 is 5.97 Å². The molecule has 0 aromatic heterocycles. The monoisotopic (exact) mass is 362 g/mol. The number of carbonyl (C=O) groups is 1. The number of guanidine groups is 1. The molecule has 1 saturated heterocycles. The van der Waals surface area contributed by atoms with Crippen molar-refractivity contribution in [3.05, 3.63) is 0 Å². The number of ether oxygens (including phenoxy) is 1. The molecule has 0 amide bonds. The molecule has 0 radical (unpaired) electrons. The van der Waals surface area contributed by atoms with Crippen LogP contribution in [-0.2, 0) is 19.6 Å². The lowest BCUT2D eigenvalue weighted by molar-refractivity contribution is -0.149. The lowest BCUT2D eigenvalue weighted by Gasteiger charge is -2.33. The number of hydrogen-bond acceptors (Lipinski definition) is 5. The summed E-state index contributed by atoms with van der Waals surface area (Å²) in [7, 11) is -3.14. The zero-order chi connectivity index (χ0) is 18.0. The molecule has 8 nitrogen and oxygen atoms in total. The van der Waals surface area contributed by atoms with Gasteiger partial charge in [0.25, 0.3) is 0 Å². The summed E-state index contributed by atoms with van der Waals surface area (Å²) >= 11 is 0. The van der Waals surface area contributed by atoms with Crippen LogP contribution in [0.2, 0.25) is 0 Å². The highest BCUT2D eigenvalue weighted by atomic mass is 32.2. The number of sulfonamides is 1. The summed E-state index contributed by atoms with van der Waals surface area (Å²) in [6.45, 7) is 7.46. The third-order valence-electron chi connectivity index (χ3n) is 3.71. The van der Waals surface area contributed by atoms with Gasteiger partial charge in [0.2, 0.25) is 10.0 Å². The summed E-state index contributed by atoms with van der Waals surface area (Å²) in [6, 6.07) is 0. The van der Waals surface area contributed by atoms with E-state index in [0.717, 1.165) is 44.7 Å². The Bertz CT molecular complexity index is 514. The third kappa shape index (κ3) is 7.96. The third-order valence-corrected chi connectivity index (χ3v) is 4.44. The van der Waals surface area contributed by atoms with E-state index in [9.17, 15) is 13.2 Å². The molecular formula is C15H30N4O4S. The van der Waals surface area contributed by atoms with Crippen LogP contribution in [0.25, 0.3) is 0 Å². The van der Waals surface area contributed by atoms with Gasteiger partial charge in [0.1, 0.15) is 0 Å². The summed E-state index contributed by atoms with van der Waals surface area (Å²) in [4.78, 5) is 18.5. The van der Waals surface area contributed by atoms with Crippen molar-refractivity contribution in [2.24, 2.45) is 10.9 Å². The van der Waals surface area contributed by atoms with Gasteiger partial charge in [0, 0.05) is 32.7 Å². The second-order valence-electron chi connectivity index (χ2n) is 5.77. The van der Waals surface area contributed by atoms with Crippen molar-refractivity contribution in [1.82, 2.24) is 14.9 Å². The van der Waals surface area contributed by atoms with Crippen molar-refractivity contribution in [3.8, 4) is 0 Å². The summed E-state index contributed by atoms with van der Waals surface area (Å²) in [6.07, 6.45) is 3.31. The van der Waals surface area contributed by atoms with Crippen molar-refractivity contribution >= 4 is 22.0 Å². The van der Waals surface area contributed by atoms with E-state index in [0.29, 0.717) is 26.1 Å². The molecule has 0 unspecified atom stereocenters. The second-order valence-corrected chi connectivity index (χ2v) is 7.60. The first-order chi connectivity index (χ1) is 11.4. The van der Waals surface area contributed by atoms with Gasteiger partial charge in [-0.1, -0.05) is 0 Å². The van der Waals surface area contributed by atoms with Crippen molar-refractivity contribution in [2.75, 3.05) is 45.6 Å². The van der Waals surface area contributed by atoms with E-state index in [4.69, 9.17) is 4.74 Å². The molecule has 140 valence electrons. The molecule has 0 bridgehead atoms. The summed E-state index contributed by atoms with van der Waals surface area (Å²) in [5.74, 6) is 0.688. The smallest absolute Gasteiger partial charge is 0.309 e. The van der Waals surface area contributed by atoms with Crippen LogP contribution >= 0.6 is 0 Å². The fourth-order valence-electron chi connectivity index (χ4n) is 2.53. The average Bonchev–Trinajstić information content (AvgIpc) is 2.53. The first-order valence-corrected chi connectivity index (χ1v) is 10.4. The Labute approximate surface area is 145 Å². The summed E-state index contributed by atoms with van der Waals surface area (Å²) in [5, 5.41) is 3.25. The predicted molar refractivity (Wildman–Crippen MR) is 94.4 cm³/mol. The van der Waals surface area contributed by atoms with Crippen molar-refractivity contribution in [2.45, 2.75) is 33.1 Å². The van der Waals surface area contributed by atoms with Gasteiger partial charge in [-0.25, -0.2) is 13.1 Å². The van der Waals surface area contributed by atoms with Crippen molar-refractivity contribution in [3.63, 3.8) is 0 Å². The van der Waals surface area contributed by atoms with Crippen LogP contribution in [0.4, 0.5) is 0 Å². The summed E-state index contributed by atoms with van der Waals surface area (Å²) in [5.41, 5.74) is 0. The highest BCUT2D eigenvalue weighted by molar-refractivity contribution is 7.88. The minimum Gasteiger partial charge on any atom is -0.466 e. The molecule has 0 saturated carbocycles. The molecular weight excluding hydrogens is 332 g/mol. The fraction of sp³-hybridized carbons (Fsp3) is 0.867. The maximum absolute atomic E-state index is 11.8. The first-order valence-electron chi connectivity index (χ1n) is 8.52. The van der Waals surface area contributed by atoms with Crippen LogP contribution in [-0.4, -0.2) is 70.8 Å². The topological polar surface area (TPSA) is 100 Å². The molecule has 1 fully saturated rings. The molecule has 0 aliphatic carbocycles. The number of likely N-dealkylation sites (tertiary alicyclic amines) is 1. The number of rotatable bonds is 8. The van der Waals surface area contributed by atoms with Crippen LogP contribution in [0.15, 0.2) is 4.99 Å². The second kappa shape index (κ2) is 10.5. The minimum absolute atomic E-state index is 0.0250. The predicted octanol–water partition coefficient (Wildman–Crippen LogP) is 0.166. The van der Waals surface area contributed by atoms with E-state index in [-0.39, 0.29) is 11.9 Å². The van der Waals surface area contributed by atoms with E-state index >= 15 is 0 Å². The van der Waals surface area contributed by atoms with Gasteiger partial charge in [-0.15, -0.1) is 0 Å². The molecule has 2 N–H and O–H groups in total. The van der Waals surface area contributed by atoms with Crippen molar-refractivity contribution in [1.29, 1.82) is 0 Å². The number of carbonyl (C=O) groups excluding carboxylic acids is 1. The van der Waals surface area contributed by atoms with Gasteiger partial charge in [-0.3, -0.25) is 9.79 Å². The Hall–Kier alpha value is -1.35. The number of nitrogens with one attached hydrogen (secondary N) is 2. The number of aliphatic imine (C=N–C) groups is 1. The Morgan fingerprint density at radius 2 is 1.96 bits per heavy atom. The Morgan fingerprint density at radius 1 is 1.29 bits per heavy atom. The number of hydrogen-bond donors (Lipinski definition) is 2. The molecule has 0 aromatic rings. The maximum atomic E-state index is 11.8. The highest BCUT2D eigenvalue weighted by Gasteiger charge is 2.27. The van der Waals surface area contributed by atoms with Crippen LogP contribution in [0.5, 0.6) is 0 Å². The van der Waals surface area contributed by atoms with Gasteiger partial charge in [0.15, 0.2) is 5.96 Å². The largest absolute Gasteiger partial charge is 0.466 e.